The van der Waals surface area contributed by atoms with Crippen LogP contribution in [0.4, 0.5) is 8.78 Å². The Balaban J connectivity index is 0.000000191. The van der Waals surface area contributed by atoms with Gasteiger partial charge in [-0.05, 0) is 13.8 Å². The number of nitrogens with zero attached hydrogens (tertiary/aromatic N) is 6. The molecular weight excluding hydrogens is 458 g/mol. The molecule has 14 heteroatoms. The molecule has 0 saturated carbocycles. The van der Waals surface area contributed by atoms with E-state index in [0.717, 1.165) is 0 Å². The predicted octanol–water partition coefficient (Wildman–Crippen LogP) is 1.04. The molecule has 2 atom stereocenters. The van der Waals surface area contributed by atoms with E-state index in [0.29, 0.717) is 11.4 Å². The molecule has 2 aliphatic heterocycles. The molecule has 0 radical (unpaired) electrons. The van der Waals surface area contributed by atoms with Crippen molar-refractivity contribution in [3.8, 4) is 0 Å². The molecule has 0 fully saturated rings. The van der Waals surface area contributed by atoms with Gasteiger partial charge in [0, 0.05) is 12.8 Å². The minimum atomic E-state index is -0.992. The molecule has 2 N–H and O–H groups in total. The van der Waals surface area contributed by atoms with Gasteiger partial charge < -0.3 is 29.0 Å². The van der Waals surface area contributed by atoms with Gasteiger partial charge in [-0.15, -0.1) is 0 Å². The minimum absolute atomic E-state index is 0.160. The van der Waals surface area contributed by atoms with Gasteiger partial charge in [-0.2, -0.15) is 0 Å². The van der Waals surface area contributed by atoms with Gasteiger partial charge in [-0.1, -0.05) is 10.3 Å². The first-order chi connectivity index (χ1) is 16.3. The molecule has 34 heavy (non-hydrogen) atoms. The summed E-state index contributed by atoms with van der Waals surface area (Å²) in [6.45, 7) is 4.04. The van der Waals surface area contributed by atoms with E-state index in [2.05, 4.69) is 20.3 Å². The maximum absolute atomic E-state index is 13.2. The van der Waals surface area contributed by atoms with Crippen molar-refractivity contribution in [3.63, 3.8) is 0 Å². The fraction of sp³-hybridized carbons (Fsp3) is 0.500. The standard InChI is InChI=1S/2C10H12FN3O3/c2*1-2-17-10(15)9(13-16)8-7-3-6(11)4-14(7)5-12-8/h2*5-6,16H,2-4H2,1H3/t2*6-/m11/s1. The average Bonchev–Trinajstić information content (AvgIpc) is 3.53. The van der Waals surface area contributed by atoms with Crippen molar-refractivity contribution in [1.82, 2.24) is 19.1 Å². The highest BCUT2D eigenvalue weighted by Crippen LogP contribution is 2.22. The molecule has 0 amide bonds. The summed E-state index contributed by atoms with van der Waals surface area (Å²) in [7, 11) is 0. The fourth-order valence-electron chi connectivity index (χ4n) is 3.70. The van der Waals surface area contributed by atoms with Crippen LogP contribution in [0.3, 0.4) is 0 Å². The monoisotopic (exact) mass is 482 g/mol. The quantitative estimate of drug-likeness (QED) is 0.268. The second-order valence-corrected chi connectivity index (χ2v) is 7.33. The summed E-state index contributed by atoms with van der Waals surface area (Å²) >= 11 is 0. The van der Waals surface area contributed by atoms with Crippen molar-refractivity contribution in [2.75, 3.05) is 13.2 Å². The number of hydrogen-bond donors (Lipinski definition) is 2. The van der Waals surface area contributed by atoms with Gasteiger partial charge in [0.1, 0.15) is 23.7 Å². The van der Waals surface area contributed by atoms with Crippen LogP contribution in [0.1, 0.15) is 36.6 Å². The zero-order valence-corrected chi connectivity index (χ0v) is 18.5. The lowest BCUT2D eigenvalue weighted by Crippen LogP contribution is -2.20. The summed E-state index contributed by atoms with van der Waals surface area (Å²) in [6, 6.07) is 0. The number of aromatic nitrogens is 4. The highest BCUT2D eigenvalue weighted by molar-refractivity contribution is 6.43. The summed E-state index contributed by atoms with van der Waals surface area (Å²) in [5.74, 6) is -1.53. The van der Waals surface area contributed by atoms with E-state index >= 15 is 0 Å². The lowest BCUT2D eigenvalue weighted by Gasteiger charge is -2.03. The summed E-state index contributed by atoms with van der Waals surface area (Å²) in [5.41, 5.74) is 0.915. The van der Waals surface area contributed by atoms with Crippen LogP contribution >= 0.6 is 0 Å². The molecule has 184 valence electrons. The maximum atomic E-state index is 13.2. The van der Waals surface area contributed by atoms with Crippen LogP contribution in [0.25, 0.3) is 0 Å². The first kappa shape index (κ1) is 24.8. The van der Waals surface area contributed by atoms with Crippen molar-refractivity contribution < 1.29 is 38.3 Å². The number of oxime groups is 2. The first-order valence-electron chi connectivity index (χ1n) is 10.5. The van der Waals surface area contributed by atoms with Crippen molar-refractivity contribution in [2.45, 2.75) is 52.1 Å². The van der Waals surface area contributed by atoms with Crippen LogP contribution in [0, 0.1) is 0 Å². The van der Waals surface area contributed by atoms with Gasteiger partial charge >= 0.3 is 11.9 Å². The third-order valence-corrected chi connectivity index (χ3v) is 5.10. The molecule has 0 bridgehead atoms. The number of fused-ring (bicyclic) bond motifs is 2. The number of carbonyl (C=O) groups is 2. The maximum Gasteiger partial charge on any atom is 0.362 e. The van der Waals surface area contributed by atoms with Crippen LogP contribution in [-0.4, -0.2) is 78.4 Å². The Hall–Kier alpha value is -3.84. The van der Waals surface area contributed by atoms with E-state index in [1.54, 1.807) is 23.0 Å². The van der Waals surface area contributed by atoms with E-state index in [1.807, 2.05) is 0 Å². The molecular formula is C20H24F2N6O6. The van der Waals surface area contributed by atoms with E-state index in [9.17, 15) is 18.4 Å². The number of rotatable bonds is 6. The fourth-order valence-corrected chi connectivity index (χ4v) is 3.70. The predicted molar refractivity (Wildman–Crippen MR) is 112 cm³/mol. The van der Waals surface area contributed by atoms with Gasteiger partial charge in [0.05, 0.1) is 50.3 Å². The minimum Gasteiger partial charge on any atom is -0.461 e. The Morgan fingerprint density at radius 3 is 1.62 bits per heavy atom. The molecule has 12 nitrogen and oxygen atoms in total. The number of hydrogen-bond acceptors (Lipinski definition) is 10. The summed E-state index contributed by atoms with van der Waals surface area (Å²) in [4.78, 5) is 30.9. The van der Waals surface area contributed by atoms with Gasteiger partial charge in [0.15, 0.2) is 0 Å². The SMILES string of the molecule is CCOC(=O)C(=NO)c1ncn2c1C[C@@H](F)C2.CCOC(=O)C(=NO)c1ncn2c1C[C@@H](F)C2. The molecule has 0 spiro atoms. The molecule has 0 aromatic carbocycles. The van der Waals surface area contributed by atoms with Gasteiger partial charge in [0.2, 0.25) is 11.4 Å². The Bertz CT molecular complexity index is 1020. The average molecular weight is 482 g/mol. The van der Waals surface area contributed by atoms with Crippen LogP contribution < -0.4 is 0 Å². The number of carbonyl (C=O) groups excluding carboxylic acids is 2. The number of imidazole rings is 2. The second kappa shape index (κ2) is 10.9. The van der Waals surface area contributed by atoms with Crippen LogP contribution in [0.5, 0.6) is 0 Å². The van der Waals surface area contributed by atoms with Crippen molar-refractivity contribution in [3.05, 3.63) is 35.4 Å². The van der Waals surface area contributed by atoms with Crippen LogP contribution in [0.2, 0.25) is 0 Å². The number of ether oxygens (including phenoxy) is 2. The third-order valence-electron chi connectivity index (χ3n) is 5.10. The molecule has 2 aromatic rings. The highest BCUT2D eigenvalue weighted by Gasteiger charge is 2.31. The van der Waals surface area contributed by atoms with Crippen LogP contribution in [-0.2, 0) is 45.0 Å². The first-order valence-corrected chi connectivity index (χ1v) is 10.5. The molecule has 2 aliphatic rings. The van der Waals surface area contributed by atoms with E-state index < -0.39 is 24.3 Å². The number of halogens is 2. The molecule has 2 aromatic heterocycles. The van der Waals surface area contributed by atoms with Crippen molar-refractivity contribution in [1.29, 1.82) is 0 Å². The molecule has 0 aliphatic carbocycles. The third kappa shape index (κ3) is 5.05. The molecule has 4 heterocycles. The number of esters is 2. The smallest absolute Gasteiger partial charge is 0.362 e. The van der Waals surface area contributed by atoms with Crippen molar-refractivity contribution in [2.24, 2.45) is 10.3 Å². The zero-order valence-electron chi connectivity index (χ0n) is 18.5. The van der Waals surface area contributed by atoms with E-state index in [4.69, 9.17) is 19.9 Å². The lowest BCUT2D eigenvalue weighted by atomic mass is 10.1. The number of alkyl halides is 2. The zero-order chi connectivity index (χ0) is 24.8. The molecule has 0 saturated heterocycles. The summed E-state index contributed by atoms with van der Waals surface area (Å²) < 4.78 is 39.0. The Morgan fingerprint density at radius 1 is 0.912 bits per heavy atom. The van der Waals surface area contributed by atoms with E-state index in [-0.39, 0.29) is 62.0 Å². The normalized spacial score (nSPS) is 19.2. The Morgan fingerprint density at radius 2 is 1.29 bits per heavy atom. The topological polar surface area (TPSA) is 153 Å². The summed E-state index contributed by atoms with van der Waals surface area (Å²) in [5, 5.41) is 23.5. The molecule has 0 unspecified atom stereocenters. The Labute approximate surface area is 192 Å². The highest BCUT2D eigenvalue weighted by atomic mass is 19.1. The van der Waals surface area contributed by atoms with Crippen LogP contribution in [0.15, 0.2) is 23.0 Å². The summed E-state index contributed by atoms with van der Waals surface area (Å²) in [6.07, 6.45) is 1.19. The second-order valence-electron chi connectivity index (χ2n) is 7.33. The van der Waals surface area contributed by atoms with Crippen molar-refractivity contribution >= 4 is 23.4 Å². The lowest BCUT2D eigenvalue weighted by molar-refractivity contribution is -0.136. The largest absolute Gasteiger partial charge is 0.461 e. The van der Waals surface area contributed by atoms with E-state index in [1.165, 1.54) is 12.7 Å². The Kier molecular flexibility index (Phi) is 7.91. The van der Waals surface area contributed by atoms with Gasteiger partial charge in [0.25, 0.3) is 0 Å². The van der Waals surface area contributed by atoms with Gasteiger partial charge in [-0.3, -0.25) is 0 Å². The van der Waals surface area contributed by atoms with Gasteiger partial charge in [-0.25, -0.2) is 28.3 Å². The molecule has 4 rings (SSSR count).